The van der Waals surface area contributed by atoms with E-state index in [4.69, 9.17) is 23.9 Å². The molecule has 1 unspecified atom stereocenters. The summed E-state index contributed by atoms with van der Waals surface area (Å²) < 4.78 is 24.6. The first kappa shape index (κ1) is 20.7. The van der Waals surface area contributed by atoms with Gasteiger partial charge in [0.1, 0.15) is 41.5 Å². The lowest BCUT2D eigenvalue weighted by Gasteiger charge is -2.20. The molecule has 2 atom stereocenters. The highest BCUT2D eigenvalue weighted by Gasteiger charge is 2.29. The Morgan fingerprint density at radius 1 is 1.06 bits per heavy atom. The van der Waals surface area contributed by atoms with Gasteiger partial charge in [-0.2, -0.15) is 0 Å². The van der Waals surface area contributed by atoms with Crippen LogP contribution >= 0.6 is 0 Å². The summed E-state index contributed by atoms with van der Waals surface area (Å²) in [6.45, 7) is 2.56. The molecule has 8 heteroatoms. The molecule has 4 heterocycles. The molecule has 1 saturated heterocycles. The van der Waals surface area contributed by atoms with E-state index in [-0.39, 0.29) is 12.2 Å². The standard InChI is InChI=1S/C24H26N4O4/c1-29-10-11-31-17-8-9-28-19(13-26-23(28)12-17)18-7-6-16-4-3-5-20(24(16)27-18)32-22-15-25-14-21(22)30-2/h3-9,12-13,21-22,25H,10-11,14-15H2,1-2H3/t21-,22?/m1/s1. The van der Waals surface area contributed by atoms with Gasteiger partial charge in [-0.15, -0.1) is 0 Å². The van der Waals surface area contributed by atoms with E-state index in [9.17, 15) is 0 Å². The van der Waals surface area contributed by atoms with Gasteiger partial charge in [-0.3, -0.25) is 4.40 Å². The lowest BCUT2D eigenvalue weighted by molar-refractivity contribution is 0.0352. The number of nitrogens with one attached hydrogen (secondary N) is 1. The number of para-hydroxylation sites is 1. The minimum Gasteiger partial charge on any atom is -0.491 e. The Kier molecular flexibility index (Phi) is 5.89. The number of nitrogens with zero attached hydrogens (tertiary/aromatic N) is 3. The van der Waals surface area contributed by atoms with Gasteiger partial charge in [0, 0.05) is 45.0 Å². The average Bonchev–Trinajstić information content (AvgIpc) is 3.45. The molecule has 3 aromatic heterocycles. The number of fused-ring (bicyclic) bond motifs is 2. The third-order valence-corrected chi connectivity index (χ3v) is 5.67. The second kappa shape index (κ2) is 9.12. The number of rotatable bonds is 8. The summed E-state index contributed by atoms with van der Waals surface area (Å²) in [5, 5.41) is 4.34. The van der Waals surface area contributed by atoms with Crippen LogP contribution in [0.1, 0.15) is 0 Å². The Bertz CT molecular complexity index is 1230. The van der Waals surface area contributed by atoms with Crippen LogP contribution in [0.25, 0.3) is 27.9 Å². The maximum Gasteiger partial charge on any atom is 0.146 e. The predicted molar refractivity (Wildman–Crippen MR) is 121 cm³/mol. The summed E-state index contributed by atoms with van der Waals surface area (Å²) in [5.41, 5.74) is 3.34. The zero-order valence-electron chi connectivity index (χ0n) is 18.2. The lowest BCUT2D eigenvalue weighted by Crippen LogP contribution is -2.31. The minimum atomic E-state index is -0.0524. The quantitative estimate of drug-likeness (QED) is 0.427. The number of benzene rings is 1. The van der Waals surface area contributed by atoms with Crippen LogP contribution in [0.3, 0.4) is 0 Å². The van der Waals surface area contributed by atoms with Crippen LogP contribution in [0.5, 0.6) is 11.5 Å². The van der Waals surface area contributed by atoms with Gasteiger partial charge in [0.2, 0.25) is 0 Å². The second-order valence-electron chi connectivity index (χ2n) is 7.69. The number of imidazole rings is 1. The molecular formula is C24H26N4O4. The Balaban J connectivity index is 1.47. The third kappa shape index (κ3) is 4.00. The maximum absolute atomic E-state index is 6.32. The van der Waals surface area contributed by atoms with Gasteiger partial charge in [0.25, 0.3) is 0 Å². The Morgan fingerprint density at radius 2 is 1.97 bits per heavy atom. The van der Waals surface area contributed by atoms with Gasteiger partial charge in [-0.05, 0) is 18.2 Å². The van der Waals surface area contributed by atoms with Crippen molar-refractivity contribution in [3.63, 3.8) is 0 Å². The van der Waals surface area contributed by atoms with Gasteiger partial charge in [-0.1, -0.05) is 18.2 Å². The zero-order chi connectivity index (χ0) is 21.9. The molecule has 1 aliphatic heterocycles. The number of hydrogen-bond acceptors (Lipinski definition) is 7. The molecule has 166 valence electrons. The molecule has 1 N–H and O–H groups in total. The fourth-order valence-corrected chi connectivity index (χ4v) is 3.99. The van der Waals surface area contributed by atoms with E-state index in [1.54, 1.807) is 14.2 Å². The molecule has 1 aliphatic rings. The van der Waals surface area contributed by atoms with Crippen molar-refractivity contribution in [3.05, 3.63) is 54.9 Å². The molecule has 0 amide bonds. The van der Waals surface area contributed by atoms with Crippen LogP contribution in [-0.2, 0) is 9.47 Å². The van der Waals surface area contributed by atoms with Crippen molar-refractivity contribution < 1.29 is 18.9 Å². The molecule has 8 nitrogen and oxygen atoms in total. The van der Waals surface area contributed by atoms with E-state index in [0.29, 0.717) is 13.2 Å². The molecule has 0 spiro atoms. The van der Waals surface area contributed by atoms with Crippen LogP contribution in [0.15, 0.2) is 54.9 Å². The van der Waals surface area contributed by atoms with Crippen LogP contribution in [-0.4, -0.2) is 67.1 Å². The van der Waals surface area contributed by atoms with Gasteiger partial charge < -0.3 is 24.3 Å². The minimum absolute atomic E-state index is 0.0208. The van der Waals surface area contributed by atoms with Crippen LogP contribution in [0.4, 0.5) is 0 Å². The summed E-state index contributed by atoms with van der Waals surface area (Å²) in [4.78, 5) is 9.50. The second-order valence-corrected chi connectivity index (χ2v) is 7.69. The fraction of sp³-hybridized carbons (Fsp3) is 0.333. The summed E-state index contributed by atoms with van der Waals surface area (Å²) in [6, 6.07) is 13.9. The summed E-state index contributed by atoms with van der Waals surface area (Å²) in [6.07, 6.45) is 3.74. The molecule has 4 aromatic rings. The van der Waals surface area contributed by atoms with Crippen molar-refractivity contribution >= 4 is 16.6 Å². The molecule has 0 saturated carbocycles. The highest BCUT2D eigenvalue weighted by molar-refractivity contribution is 5.86. The van der Waals surface area contributed by atoms with E-state index in [1.165, 1.54) is 0 Å². The SMILES string of the molecule is COCCOc1ccn2c(-c3ccc4cccc(OC5CNC[C@H]5OC)c4n3)cnc2c1. The van der Waals surface area contributed by atoms with Crippen molar-refractivity contribution in [3.8, 4) is 22.9 Å². The monoisotopic (exact) mass is 434 g/mol. The van der Waals surface area contributed by atoms with Crippen LogP contribution in [0.2, 0.25) is 0 Å². The van der Waals surface area contributed by atoms with E-state index >= 15 is 0 Å². The van der Waals surface area contributed by atoms with Crippen LogP contribution in [0, 0.1) is 0 Å². The molecule has 0 radical (unpaired) electrons. The summed E-state index contributed by atoms with van der Waals surface area (Å²) in [7, 11) is 3.37. The molecule has 0 bridgehead atoms. The first-order valence-electron chi connectivity index (χ1n) is 10.7. The van der Waals surface area contributed by atoms with E-state index in [1.807, 2.05) is 53.2 Å². The molecule has 5 rings (SSSR count). The normalized spacial score (nSPS) is 18.4. The largest absolute Gasteiger partial charge is 0.491 e. The lowest BCUT2D eigenvalue weighted by atomic mass is 10.1. The smallest absolute Gasteiger partial charge is 0.146 e. The van der Waals surface area contributed by atoms with Gasteiger partial charge in [0.05, 0.1) is 24.2 Å². The molecule has 1 fully saturated rings. The highest BCUT2D eigenvalue weighted by atomic mass is 16.5. The van der Waals surface area contributed by atoms with Crippen molar-refractivity contribution in [2.45, 2.75) is 12.2 Å². The third-order valence-electron chi connectivity index (χ3n) is 5.67. The Labute approximate surface area is 186 Å². The number of pyridine rings is 2. The molecule has 1 aromatic carbocycles. The predicted octanol–water partition coefficient (Wildman–Crippen LogP) is 2.94. The maximum atomic E-state index is 6.32. The van der Waals surface area contributed by atoms with Crippen molar-refractivity contribution in [2.24, 2.45) is 0 Å². The van der Waals surface area contributed by atoms with Crippen molar-refractivity contribution in [2.75, 3.05) is 40.5 Å². The van der Waals surface area contributed by atoms with E-state index in [2.05, 4.69) is 16.4 Å². The van der Waals surface area contributed by atoms with Crippen molar-refractivity contribution in [1.29, 1.82) is 0 Å². The van der Waals surface area contributed by atoms with E-state index in [0.717, 1.165) is 52.5 Å². The molecule has 32 heavy (non-hydrogen) atoms. The first-order valence-corrected chi connectivity index (χ1v) is 10.7. The first-order chi connectivity index (χ1) is 15.8. The van der Waals surface area contributed by atoms with Crippen molar-refractivity contribution in [1.82, 2.24) is 19.7 Å². The highest BCUT2D eigenvalue weighted by Crippen LogP contribution is 2.30. The van der Waals surface area contributed by atoms with Gasteiger partial charge >= 0.3 is 0 Å². The summed E-state index contributed by atoms with van der Waals surface area (Å²) in [5.74, 6) is 1.51. The van der Waals surface area contributed by atoms with E-state index < -0.39 is 0 Å². The molecule has 0 aliphatic carbocycles. The average molecular weight is 434 g/mol. The number of hydrogen-bond donors (Lipinski definition) is 1. The Hall–Kier alpha value is -3.20. The number of ether oxygens (including phenoxy) is 4. The molecular weight excluding hydrogens is 408 g/mol. The van der Waals surface area contributed by atoms with Crippen LogP contribution < -0.4 is 14.8 Å². The fourth-order valence-electron chi connectivity index (χ4n) is 3.99. The number of methoxy groups -OCH3 is 2. The zero-order valence-corrected chi connectivity index (χ0v) is 18.2. The summed E-state index contributed by atoms with van der Waals surface area (Å²) >= 11 is 0. The Morgan fingerprint density at radius 3 is 2.84 bits per heavy atom. The van der Waals surface area contributed by atoms with Gasteiger partial charge in [0.15, 0.2) is 0 Å². The van der Waals surface area contributed by atoms with Gasteiger partial charge in [-0.25, -0.2) is 9.97 Å². The number of aromatic nitrogens is 3. The topological polar surface area (TPSA) is 79.1 Å².